The molecule has 0 saturated carbocycles. The number of likely N-dealkylation sites (N-methyl/N-ethyl adjacent to an activating group) is 1. The minimum absolute atomic E-state index is 0.534. The number of aromatic nitrogens is 3. The fraction of sp³-hybridized carbons (Fsp3) is 0.467. The van der Waals surface area contributed by atoms with E-state index in [1.54, 1.807) is 6.20 Å². The van der Waals surface area contributed by atoms with Crippen LogP contribution in [0, 0.1) is 0 Å². The summed E-state index contributed by atoms with van der Waals surface area (Å²) >= 11 is 0. The normalized spacial score (nSPS) is 12.8. The van der Waals surface area contributed by atoms with Crippen LogP contribution < -0.4 is 5.73 Å². The third-order valence-corrected chi connectivity index (χ3v) is 3.83. The van der Waals surface area contributed by atoms with E-state index in [1.165, 1.54) is 0 Å². The molecule has 0 saturated heterocycles. The molecule has 2 N–H and O–H groups in total. The van der Waals surface area contributed by atoms with Gasteiger partial charge in [0.1, 0.15) is 5.82 Å². The summed E-state index contributed by atoms with van der Waals surface area (Å²) in [4.78, 5) is 10.6. The number of nitrogens with zero attached hydrogens (tertiary/aromatic N) is 4. The number of anilines is 1. The van der Waals surface area contributed by atoms with E-state index in [-0.39, 0.29) is 0 Å². The van der Waals surface area contributed by atoms with Gasteiger partial charge in [0.25, 0.3) is 0 Å². The van der Waals surface area contributed by atoms with E-state index in [0.29, 0.717) is 11.9 Å². The molecule has 108 valence electrons. The third-order valence-electron chi connectivity index (χ3n) is 3.83. The maximum atomic E-state index is 5.75. The van der Waals surface area contributed by atoms with Gasteiger partial charge in [0.05, 0.1) is 18.2 Å². The average molecular weight is 273 g/mol. The first-order valence-electron chi connectivity index (χ1n) is 7.04. The first-order valence-corrected chi connectivity index (χ1v) is 7.04. The van der Waals surface area contributed by atoms with Crippen LogP contribution in [0.2, 0.25) is 0 Å². The summed E-state index contributed by atoms with van der Waals surface area (Å²) in [5.41, 5.74) is 7.88. The molecular formula is C15H23N5. The van der Waals surface area contributed by atoms with Crippen molar-refractivity contribution in [2.45, 2.75) is 32.9 Å². The molecule has 2 heterocycles. The van der Waals surface area contributed by atoms with Crippen LogP contribution in [0.25, 0.3) is 11.3 Å². The van der Waals surface area contributed by atoms with Gasteiger partial charge in [-0.1, -0.05) is 6.92 Å². The van der Waals surface area contributed by atoms with E-state index in [0.717, 1.165) is 30.8 Å². The van der Waals surface area contributed by atoms with E-state index < -0.39 is 0 Å². The Morgan fingerprint density at radius 1 is 1.45 bits per heavy atom. The molecule has 0 bridgehead atoms. The van der Waals surface area contributed by atoms with Crippen molar-refractivity contribution in [3.8, 4) is 11.3 Å². The molecule has 0 aliphatic heterocycles. The number of hydrogen-bond acceptors (Lipinski definition) is 4. The SMILES string of the molecule is CCC(C)N(C)CCn1cncc1-c1ccnc(N)c1. The molecule has 2 aromatic rings. The summed E-state index contributed by atoms with van der Waals surface area (Å²) in [6, 6.07) is 4.44. The highest BCUT2D eigenvalue weighted by Gasteiger charge is 2.09. The van der Waals surface area contributed by atoms with Crippen molar-refractivity contribution in [3.63, 3.8) is 0 Å². The molecule has 1 atom stereocenters. The van der Waals surface area contributed by atoms with Gasteiger partial charge >= 0.3 is 0 Å². The lowest BCUT2D eigenvalue weighted by molar-refractivity contribution is 0.243. The van der Waals surface area contributed by atoms with Gasteiger partial charge in [-0.15, -0.1) is 0 Å². The first-order chi connectivity index (χ1) is 9.61. The van der Waals surface area contributed by atoms with Crippen molar-refractivity contribution >= 4 is 5.82 Å². The maximum absolute atomic E-state index is 5.75. The van der Waals surface area contributed by atoms with Crippen LogP contribution in [0.15, 0.2) is 30.9 Å². The predicted octanol–water partition coefficient (Wildman–Crippen LogP) is 2.26. The lowest BCUT2D eigenvalue weighted by Gasteiger charge is -2.23. The Kier molecular flexibility index (Phi) is 4.74. The number of nitrogens with two attached hydrogens (primary N) is 1. The van der Waals surface area contributed by atoms with Crippen molar-refractivity contribution in [1.82, 2.24) is 19.4 Å². The largest absolute Gasteiger partial charge is 0.384 e. The maximum Gasteiger partial charge on any atom is 0.123 e. The van der Waals surface area contributed by atoms with Gasteiger partial charge in [0.15, 0.2) is 0 Å². The highest BCUT2D eigenvalue weighted by Crippen LogP contribution is 2.19. The highest BCUT2D eigenvalue weighted by atomic mass is 15.2. The standard InChI is InChI=1S/C15H23N5/c1-4-12(2)19(3)7-8-20-11-17-10-14(20)13-5-6-18-15(16)9-13/h5-6,9-12H,4,7-8H2,1-3H3,(H2,16,18). The Hall–Kier alpha value is -1.88. The van der Waals surface area contributed by atoms with E-state index in [1.807, 2.05) is 24.7 Å². The van der Waals surface area contributed by atoms with Crippen molar-refractivity contribution in [1.29, 1.82) is 0 Å². The van der Waals surface area contributed by atoms with Gasteiger partial charge < -0.3 is 15.2 Å². The summed E-state index contributed by atoms with van der Waals surface area (Å²) in [5, 5.41) is 0. The molecule has 20 heavy (non-hydrogen) atoms. The smallest absolute Gasteiger partial charge is 0.123 e. The summed E-state index contributed by atoms with van der Waals surface area (Å²) in [6.45, 7) is 6.37. The molecule has 0 amide bonds. The van der Waals surface area contributed by atoms with E-state index >= 15 is 0 Å². The minimum Gasteiger partial charge on any atom is -0.384 e. The molecule has 2 rings (SSSR count). The second-order valence-electron chi connectivity index (χ2n) is 5.18. The number of hydrogen-bond donors (Lipinski definition) is 1. The van der Waals surface area contributed by atoms with Gasteiger partial charge in [-0.25, -0.2) is 9.97 Å². The number of rotatable bonds is 6. The van der Waals surface area contributed by atoms with E-state index in [9.17, 15) is 0 Å². The monoisotopic (exact) mass is 273 g/mol. The Morgan fingerprint density at radius 2 is 2.25 bits per heavy atom. The zero-order valence-corrected chi connectivity index (χ0v) is 12.5. The van der Waals surface area contributed by atoms with E-state index in [4.69, 9.17) is 5.73 Å². The van der Waals surface area contributed by atoms with Crippen LogP contribution in [0.3, 0.4) is 0 Å². The van der Waals surface area contributed by atoms with Crippen molar-refractivity contribution in [2.24, 2.45) is 0 Å². The fourth-order valence-electron chi connectivity index (χ4n) is 2.14. The van der Waals surface area contributed by atoms with Gasteiger partial charge in [0, 0.05) is 30.9 Å². The van der Waals surface area contributed by atoms with Crippen LogP contribution in [-0.4, -0.2) is 39.1 Å². The number of imidazole rings is 1. The zero-order chi connectivity index (χ0) is 14.5. The zero-order valence-electron chi connectivity index (χ0n) is 12.5. The average Bonchev–Trinajstić information content (AvgIpc) is 2.92. The Bertz CT molecular complexity index is 549. The third kappa shape index (κ3) is 3.36. The summed E-state index contributed by atoms with van der Waals surface area (Å²) in [6.07, 6.45) is 6.63. The number of nitrogen functional groups attached to an aromatic ring is 1. The van der Waals surface area contributed by atoms with Gasteiger partial charge in [0.2, 0.25) is 0 Å². The Labute approximate surface area is 120 Å². The molecule has 1 unspecified atom stereocenters. The predicted molar refractivity (Wildman–Crippen MR) is 82.3 cm³/mol. The molecular weight excluding hydrogens is 250 g/mol. The Morgan fingerprint density at radius 3 is 2.95 bits per heavy atom. The van der Waals surface area contributed by atoms with Gasteiger partial charge in [-0.05, 0) is 32.5 Å². The van der Waals surface area contributed by atoms with Crippen LogP contribution in [0.5, 0.6) is 0 Å². The van der Waals surface area contributed by atoms with Crippen molar-refractivity contribution < 1.29 is 0 Å². The van der Waals surface area contributed by atoms with Crippen LogP contribution in [0.4, 0.5) is 5.82 Å². The Balaban J connectivity index is 2.09. The summed E-state index contributed by atoms with van der Waals surface area (Å²) in [5.74, 6) is 0.534. The first kappa shape index (κ1) is 14.5. The molecule has 0 radical (unpaired) electrons. The second kappa shape index (κ2) is 6.52. The molecule has 0 fully saturated rings. The molecule has 0 aliphatic carbocycles. The van der Waals surface area contributed by atoms with Crippen molar-refractivity contribution in [3.05, 3.63) is 30.9 Å². The van der Waals surface area contributed by atoms with Crippen LogP contribution >= 0.6 is 0 Å². The highest BCUT2D eigenvalue weighted by molar-refractivity contribution is 5.61. The summed E-state index contributed by atoms with van der Waals surface area (Å²) < 4.78 is 2.16. The molecule has 5 heteroatoms. The second-order valence-corrected chi connectivity index (χ2v) is 5.18. The molecule has 2 aromatic heterocycles. The van der Waals surface area contributed by atoms with Gasteiger partial charge in [-0.2, -0.15) is 0 Å². The summed E-state index contributed by atoms with van der Waals surface area (Å²) in [7, 11) is 2.16. The van der Waals surface area contributed by atoms with Crippen LogP contribution in [-0.2, 0) is 6.54 Å². The van der Waals surface area contributed by atoms with E-state index in [2.05, 4.69) is 40.3 Å². The van der Waals surface area contributed by atoms with Crippen molar-refractivity contribution in [2.75, 3.05) is 19.3 Å². The quantitative estimate of drug-likeness (QED) is 0.877. The van der Waals surface area contributed by atoms with Gasteiger partial charge in [-0.3, -0.25) is 0 Å². The molecule has 0 aromatic carbocycles. The lowest BCUT2D eigenvalue weighted by Crippen LogP contribution is -2.31. The number of pyridine rings is 1. The molecule has 5 nitrogen and oxygen atoms in total. The lowest BCUT2D eigenvalue weighted by atomic mass is 10.2. The fourth-order valence-corrected chi connectivity index (χ4v) is 2.14. The van der Waals surface area contributed by atoms with Crippen LogP contribution in [0.1, 0.15) is 20.3 Å². The molecule has 0 spiro atoms. The molecule has 0 aliphatic rings. The topological polar surface area (TPSA) is 60.0 Å². The minimum atomic E-state index is 0.534.